The van der Waals surface area contributed by atoms with E-state index in [2.05, 4.69) is 20.9 Å². The van der Waals surface area contributed by atoms with Crippen LogP contribution in [0.4, 0.5) is 0 Å². The lowest BCUT2D eigenvalue weighted by atomic mass is 10.0. The summed E-state index contributed by atoms with van der Waals surface area (Å²) < 4.78 is 0. The number of aliphatic carboxylic acids is 1. The van der Waals surface area contributed by atoms with Crippen molar-refractivity contribution in [3.8, 4) is 11.5 Å². The monoisotopic (exact) mass is 631 g/mol. The maximum absolute atomic E-state index is 13.5. The van der Waals surface area contributed by atoms with E-state index in [0.29, 0.717) is 29.7 Å². The topological polar surface area (TPSA) is 255 Å². The number of thioether (sulfide) groups is 1. The van der Waals surface area contributed by atoms with Gasteiger partial charge < -0.3 is 48.5 Å². The maximum atomic E-state index is 13.5. The third-order valence-electron chi connectivity index (χ3n) is 6.55. The molecule has 2 aromatic rings. The van der Waals surface area contributed by atoms with Crippen LogP contribution in [-0.2, 0) is 32.0 Å². The molecule has 2 aromatic carbocycles. The Labute approximate surface area is 259 Å². The van der Waals surface area contributed by atoms with E-state index >= 15 is 0 Å². The van der Waals surface area contributed by atoms with Crippen LogP contribution in [0.1, 0.15) is 30.4 Å². The third-order valence-corrected chi connectivity index (χ3v) is 7.19. The number of benzene rings is 2. The smallest absolute Gasteiger partial charge is 0.326 e. The maximum Gasteiger partial charge on any atom is 0.326 e. The van der Waals surface area contributed by atoms with E-state index in [0.717, 1.165) is 0 Å². The summed E-state index contributed by atoms with van der Waals surface area (Å²) in [6, 6.07) is 7.27. The summed E-state index contributed by atoms with van der Waals surface area (Å²) in [6.45, 7) is 0.190. The molecule has 0 radical (unpaired) electrons. The van der Waals surface area contributed by atoms with E-state index in [9.17, 15) is 34.5 Å². The number of amides is 3. The van der Waals surface area contributed by atoms with Gasteiger partial charge in [0.05, 0.1) is 6.04 Å². The number of carboxylic acids is 1. The molecule has 0 aromatic heterocycles. The molecule has 15 heteroatoms. The van der Waals surface area contributed by atoms with Crippen molar-refractivity contribution in [1.29, 1.82) is 0 Å². The highest BCUT2D eigenvalue weighted by Crippen LogP contribution is 2.14. The van der Waals surface area contributed by atoms with E-state index in [1.807, 2.05) is 6.26 Å². The fourth-order valence-corrected chi connectivity index (χ4v) is 4.61. The van der Waals surface area contributed by atoms with Gasteiger partial charge in [-0.05, 0) is 66.7 Å². The number of hydrogen-bond acceptors (Lipinski definition) is 9. The second-order valence-corrected chi connectivity index (χ2v) is 11.1. The van der Waals surface area contributed by atoms with Gasteiger partial charge in [0.25, 0.3) is 0 Å². The van der Waals surface area contributed by atoms with Gasteiger partial charge in [-0.25, -0.2) is 4.79 Å². The molecule has 0 aliphatic carbocycles. The molecule has 0 aliphatic rings. The Morgan fingerprint density at radius 3 is 1.75 bits per heavy atom. The van der Waals surface area contributed by atoms with E-state index in [4.69, 9.17) is 17.2 Å². The minimum absolute atomic E-state index is 0.00000978. The van der Waals surface area contributed by atoms with Crippen molar-refractivity contribution in [2.75, 3.05) is 18.6 Å². The number of guanidine groups is 1. The molecule has 12 N–H and O–H groups in total. The number of rotatable bonds is 18. The van der Waals surface area contributed by atoms with Crippen molar-refractivity contribution in [2.24, 2.45) is 22.2 Å². The molecule has 0 aliphatic heterocycles. The molecule has 0 saturated carbocycles. The summed E-state index contributed by atoms with van der Waals surface area (Å²) in [4.78, 5) is 55.7. The Morgan fingerprint density at radius 2 is 1.25 bits per heavy atom. The summed E-state index contributed by atoms with van der Waals surface area (Å²) in [7, 11) is 0. The molecule has 240 valence electrons. The first-order chi connectivity index (χ1) is 20.9. The number of carbonyl (C=O) groups is 4. The number of aliphatic imine (C=N–C) groups is 1. The highest BCUT2D eigenvalue weighted by Gasteiger charge is 2.30. The van der Waals surface area contributed by atoms with Crippen molar-refractivity contribution in [1.82, 2.24) is 16.0 Å². The quantitative estimate of drug-likeness (QED) is 0.0579. The van der Waals surface area contributed by atoms with E-state index in [1.165, 1.54) is 48.2 Å². The van der Waals surface area contributed by atoms with Gasteiger partial charge in [-0.3, -0.25) is 19.4 Å². The van der Waals surface area contributed by atoms with Crippen LogP contribution in [0.15, 0.2) is 53.5 Å². The fraction of sp³-hybridized carbons (Fsp3) is 0.414. The molecule has 44 heavy (non-hydrogen) atoms. The number of carbonyl (C=O) groups excluding carboxylic acids is 3. The van der Waals surface area contributed by atoms with Crippen LogP contribution in [0.25, 0.3) is 0 Å². The summed E-state index contributed by atoms with van der Waals surface area (Å²) in [5, 5.41) is 36.8. The normalized spacial score (nSPS) is 13.5. The lowest BCUT2D eigenvalue weighted by Gasteiger charge is -2.25. The molecular weight excluding hydrogens is 590 g/mol. The van der Waals surface area contributed by atoms with Crippen molar-refractivity contribution in [2.45, 2.75) is 56.3 Å². The first-order valence-electron chi connectivity index (χ1n) is 13.9. The van der Waals surface area contributed by atoms with Crippen LogP contribution in [0.2, 0.25) is 0 Å². The zero-order valence-electron chi connectivity index (χ0n) is 24.4. The Kier molecular flexibility index (Phi) is 14.8. The minimum atomic E-state index is -1.35. The molecule has 0 spiro atoms. The summed E-state index contributed by atoms with van der Waals surface area (Å²) >= 11 is 1.52. The van der Waals surface area contributed by atoms with Crippen molar-refractivity contribution < 1.29 is 34.5 Å². The van der Waals surface area contributed by atoms with Crippen LogP contribution < -0.4 is 33.2 Å². The molecule has 4 unspecified atom stereocenters. The van der Waals surface area contributed by atoms with E-state index in [-0.39, 0.29) is 43.3 Å². The molecule has 3 amide bonds. The van der Waals surface area contributed by atoms with Gasteiger partial charge in [0.1, 0.15) is 29.6 Å². The minimum Gasteiger partial charge on any atom is -0.508 e. The second-order valence-electron chi connectivity index (χ2n) is 10.1. The van der Waals surface area contributed by atoms with Crippen LogP contribution in [0.5, 0.6) is 11.5 Å². The molecule has 2 rings (SSSR count). The summed E-state index contributed by atoms with van der Waals surface area (Å²) in [6.07, 6.45) is 2.57. The first kappa shape index (κ1) is 35.7. The highest BCUT2D eigenvalue weighted by molar-refractivity contribution is 7.98. The van der Waals surface area contributed by atoms with Crippen LogP contribution >= 0.6 is 11.8 Å². The lowest BCUT2D eigenvalue weighted by molar-refractivity contribution is -0.142. The van der Waals surface area contributed by atoms with Gasteiger partial charge in [0, 0.05) is 19.4 Å². The molecule has 0 fully saturated rings. The Hall–Kier alpha value is -4.50. The highest BCUT2D eigenvalue weighted by atomic mass is 32.2. The summed E-state index contributed by atoms with van der Waals surface area (Å²) in [5.41, 5.74) is 17.9. The average Bonchev–Trinajstić information content (AvgIpc) is 2.98. The van der Waals surface area contributed by atoms with E-state index < -0.39 is 47.9 Å². The predicted octanol–water partition coefficient (Wildman–Crippen LogP) is -0.444. The number of phenols is 2. The number of phenolic OH excluding ortho intramolecular Hbond substituents is 2. The van der Waals surface area contributed by atoms with Crippen molar-refractivity contribution in [3.63, 3.8) is 0 Å². The second kappa shape index (κ2) is 18.2. The van der Waals surface area contributed by atoms with Gasteiger partial charge in [0.2, 0.25) is 17.7 Å². The third kappa shape index (κ3) is 12.8. The van der Waals surface area contributed by atoms with Crippen LogP contribution in [0.3, 0.4) is 0 Å². The number of nitrogens with one attached hydrogen (secondary N) is 3. The Balaban J connectivity index is 2.28. The molecular formula is C29H41N7O7S. The van der Waals surface area contributed by atoms with Crippen LogP contribution in [-0.4, -0.2) is 87.7 Å². The van der Waals surface area contributed by atoms with Gasteiger partial charge in [-0.15, -0.1) is 0 Å². The number of nitrogens with zero attached hydrogens (tertiary/aromatic N) is 1. The van der Waals surface area contributed by atoms with E-state index in [1.54, 1.807) is 12.1 Å². The largest absolute Gasteiger partial charge is 0.508 e. The average molecular weight is 632 g/mol. The first-order valence-corrected chi connectivity index (χ1v) is 15.3. The number of carboxylic acid groups (broad SMARTS) is 1. The van der Waals surface area contributed by atoms with Crippen molar-refractivity contribution in [3.05, 3.63) is 59.7 Å². The summed E-state index contributed by atoms with van der Waals surface area (Å²) in [5.74, 6) is -2.79. The number of nitrogens with two attached hydrogens (primary N) is 3. The van der Waals surface area contributed by atoms with Gasteiger partial charge in [-0.2, -0.15) is 11.8 Å². The Morgan fingerprint density at radius 1 is 0.773 bits per heavy atom. The standard InChI is InChI=1S/C29H41N7O7S/c1-44-14-12-21(30)25(39)34-22(3-2-13-33-29(31)32)26(40)35-23(15-17-4-8-19(37)9-5-17)27(41)36-24(28(42)43)16-18-6-10-20(38)11-7-18/h4-11,21-24,37-38H,2-3,12-16,30H2,1H3,(H,34,39)(H,35,40)(H,36,41)(H,42,43)(H4,31,32,33). The molecule has 14 nitrogen and oxygen atoms in total. The Bertz CT molecular complexity index is 1270. The SMILES string of the molecule is CSCCC(N)C(=O)NC(CCCN=C(N)N)C(=O)NC(Cc1ccc(O)cc1)C(=O)NC(Cc1ccc(O)cc1)C(=O)O. The van der Waals surface area contributed by atoms with Crippen LogP contribution in [0, 0.1) is 0 Å². The lowest BCUT2D eigenvalue weighted by Crippen LogP contribution is -2.57. The van der Waals surface area contributed by atoms with Gasteiger partial charge in [0.15, 0.2) is 5.96 Å². The zero-order chi connectivity index (χ0) is 32.6. The molecule has 0 saturated heterocycles. The zero-order valence-corrected chi connectivity index (χ0v) is 25.3. The molecule has 0 heterocycles. The molecule has 0 bridgehead atoms. The predicted molar refractivity (Wildman–Crippen MR) is 168 cm³/mol. The van der Waals surface area contributed by atoms with Gasteiger partial charge >= 0.3 is 5.97 Å². The number of hydrogen-bond donors (Lipinski definition) is 9. The van der Waals surface area contributed by atoms with Crippen molar-refractivity contribution >= 4 is 41.4 Å². The fourth-order valence-electron chi connectivity index (χ4n) is 4.12. The number of aromatic hydroxyl groups is 2. The van der Waals surface area contributed by atoms with Gasteiger partial charge in [-0.1, -0.05) is 24.3 Å². The molecule has 4 atom stereocenters.